The SMILES string of the molecule is Cc1cc(C=CC(=O)N2CCC(C(=O)N3CCCCCC3)CC2)c(C)n1C1CCCCC1. The molecule has 0 N–H and O–H groups in total. The van der Waals surface area contributed by atoms with Crippen molar-refractivity contribution in [1.82, 2.24) is 14.4 Å². The van der Waals surface area contributed by atoms with Gasteiger partial charge in [-0.25, -0.2) is 0 Å². The van der Waals surface area contributed by atoms with Crippen molar-refractivity contribution >= 4 is 17.9 Å². The molecule has 0 atom stereocenters. The van der Waals surface area contributed by atoms with Gasteiger partial charge in [0.15, 0.2) is 0 Å². The minimum atomic E-state index is 0.0770. The van der Waals surface area contributed by atoms with Crippen LogP contribution >= 0.6 is 0 Å². The number of rotatable bonds is 4. The number of carbonyl (C=O) groups is 2. The Labute approximate surface area is 193 Å². The minimum absolute atomic E-state index is 0.0770. The first kappa shape index (κ1) is 23.1. The fraction of sp³-hybridized carbons (Fsp3) is 0.704. The van der Waals surface area contributed by atoms with Gasteiger partial charge in [-0.15, -0.1) is 0 Å². The van der Waals surface area contributed by atoms with Crippen LogP contribution < -0.4 is 0 Å². The van der Waals surface area contributed by atoms with E-state index in [0.717, 1.165) is 44.3 Å². The molecule has 2 aliphatic heterocycles. The van der Waals surface area contributed by atoms with Gasteiger partial charge in [-0.2, -0.15) is 0 Å². The Morgan fingerprint density at radius 3 is 2.09 bits per heavy atom. The Kier molecular flexibility index (Phi) is 7.75. The van der Waals surface area contributed by atoms with E-state index in [1.807, 2.05) is 11.0 Å². The first-order chi connectivity index (χ1) is 15.5. The third-order valence-electron chi connectivity index (χ3n) is 7.94. The van der Waals surface area contributed by atoms with E-state index in [-0.39, 0.29) is 11.8 Å². The van der Waals surface area contributed by atoms with Gasteiger partial charge in [-0.1, -0.05) is 32.1 Å². The molecule has 0 spiro atoms. The highest BCUT2D eigenvalue weighted by Gasteiger charge is 2.30. The third kappa shape index (κ3) is 5.29. The summed E-state index contributed by atoms with van der Waals surface area (Å²) in [7, 11) is 0. The third-order valence-corrected chi connectivity index (χ3v) is 7.94. The Morgan fingerprint density at radius 1 is 0.812 bits per heavy atom. The Morgan fingerprint density at radius 2 is 1.44 bits per heavy atom. The number of amides is 2. The number of nitrogens with zero attached hydrogens (tertiary/aromatic N) is 3. The van der Waals surface area contributed by atoms with Crippen LogP contribution in [0.25, 0.3) is 6.08 Å². The van der Waals surface area contributed by atoms with Crippen LogP contribution in [-0.4, -0.2) is 52.4 Å². The van der Waals surface area contributed by atoms with Gasteiger partial charge in [0.25, 0.3) is 0 Å². The lowest BCUT2D eigenvalue weighted by Gasteiger charge is -2.33. The van der Waals surface area contributed by atoms with Crippen molar-refractivity contribution in [1.29, 1.82) is 0 Å². The normalized spacial score (nSPS) is 21.8. The van der Waals surface area contributed by atoms with Gasteiger partial charge in [0, 0.05) is 55.6 Å². The van der Waals surface area contributed by atoms with Crippen LogP contribution in [0.3, 0.4) is 0 Å². The first-order valence-corrected chi connectivity index (χ1v) is 13.0. The standard InChI is InChI=1S/C27H41N3O2/c1-21-20-24(22(2)30(21)25-10-6-5-7-11-25)12-13-26(31)28-18-14-23(15-19-28)27(32)29-16-8-3-4-9-17-29/h12-13,20,23,25H,3-11,14-19H2,1-2H3. The molecule has 2 amide bonds. The summed E-state index contributed by atoms with van der Waals surface area (Å²) in [6, 6.07) is 2.84. The molecule has 4 rings (SSSR count). The highest BCUT2D eigenvalue weighted by Crippen LogP contribution is 2.32. The van der Waals surface area contributed by atoms with E-state index in [4.69, 9.17) is 0 Å². The minimum Gasteiger partial charge on any atom is -0.346 e. The zero-order valence-electron chi connectivity index (χ0n) is 20.2. The fourth-order valence-electron chi connectivity index (χ4n) is 6.04. The van der Waals surface area contributed by atoms with E-state index in [2.05, 4.69) is 29.4 Å². The molecule has 3 heterocycles. The maximum Gasteiger partial charge on any atom is 0.246 e. The van der Waals surface area contributed by atoms with Crippen molar-refractivity contribution in [2.75, 3.05) is 26.2 Å². The Bertz CT molecular complexity index is 818. The maximum atomic E-state index is 12.9. The smallest absolute Gasteiger partial charge is 0.246 e. The zero-order valence-corrected chi connectivity index (χ0v) is 20.2. The second-order valence-corrected chi connectivity index (χ2v) is 10.2. The Hall–Kier alpha value is -2.04. The number of piperidine rings is 1. The second kappa shape index (κ2) is 10.7. The molecule has 0 radical (unpaired) electrons. The van der Waals surface area contributed by atoms with E-state index in [1.165, 1.54) is 56.3 Å². The van der Waals surface area contributed by atoms with Crippen LogP contribution in [0.15, 0.2) is 12.1 Å². The molecule has 2 saturated heterocycles. The van der Waals surface area contributed by atoms with Crippen LogP contribution in [0.4, 0.5) is 0 Å². The monoisotopic (exact) mass is 439 g/mol. The van der Waals surface area contributed by atoms with Crippen molar-refractivity contribution in [2.45, 2.75) is 90.5 Å². The van der Waals surface area contributed by atoms with Crippen LogP contribution in [0.1, 0.15) is 93.6 Å². The summed E-state index contributed by atoms with van der Waals surface area (Å²) >= 11 is 0. The fourth-order valence-corrected chi connectivity index (χ4v) is 6.04. The summed E-state index contributed by atoms with van der Waals surface area (Å²) in [5.41, 5.74) is 3.74. The molecule has 1 aromatic rings. The lowest BCUT2D eigenvalue weighted by atomic mass is 9.95. The molecule has 5 nitrogen and oxygen atoms in total. The molecule has 0 bridgehead atoms. The van der Waals surface area contributed by atoms with Crippen LogP contribution in [0, 0.1) is 19.8 Å². The summed E-state index contributed by atoms with van der Waals surface area (Å²) < 4.78 is 2.49. The number of hydrogen-bond donors (Lipinski definition) is 0. The number of likely N-dealkylation sites (tertiary alicyclic amines) is 2. The summed E-state index contributed by atoms with van der Waals surface area (Å²) in [4.78, 5) is 29.7. The van der Waals surface area contributed by atoms with Crippen molar-refractivity contribution in [3.05, 3.63) is 29.1 Å². The van der Waals surface area contributed by atoms with Gasteiger partial charge in [-0.05, 0) is 70.1 Å². The summed E-state index contributed by atoms with van der Waals surface area (Å²) in [5.74, 6) is 0.494. The van der Waals surface area contributed by atoms with E-state index in [0.29, 0.717) is 25.0 Å². The first-order valence-electron chi connectivity index (χ1n) is 13.0. The highest BCUT2D eigenvalue weighted by molar-refractivity contribution is 5.92. The van der Waals surface area contributed by atoms with E-state index in [9.17, 15) is 9.59 Å². The molecule has 1 aliphatic carbocycles. The zero-order chi connectivity index (χ0) is 22.5. The molecule has 3 fully saturated rings. The highest BCUT2D eigenvalue weighted by atomic mass is 16.2. The number of hydrogen-bond acceptors (Lipinski definition) is 2. The van der Waals surface area contributed by atoms with Gasteiger partial charge in [0.2, 0.25) is 11.8 Å². The summed E-state index contributed by atoms with van der Waals surface area (Å²) in [6.07, 6.45) is 16.6. The average Bonchev–Trinajstić information content (AvgIpc) is 2.99. The predicted octanol–water partition coefficient (Wildman–Crippen LogP) is 5.26. The summed E-state index contributed by atoms with van der Waals surface area (Å²) in [5, 5.41) is 0. The van der Waals surface area contributed by atoms with Gasteiger partial charge in [0.05, 0.1) is 0 Å². The average molecular weight is 440 g/mol. The lowest BCUT2D eigenvalue weighted by Crippen LogP contribution is -2.44. The van der Waals surface area contributed by atoms with Crippen molar-refractivity contribution < 1.29 is 9.59 Å². The number of aromatic nitrogens is 1. The quantitative estimate of drug-likeness (QED) is 0.601. The van der Waals surface area contributed by atoms with Crippen LogP contribution in [-0.2, 0) is 9.59 Å². The molecule has 0 unspecified atom stereocenters. The molecule has 32 heavy (non-hydrogen) atoms. The van der Waals surface area contributed by atoms with E-state index >= 15 is 0 Å². The van der Waals surface area contributed by atoms with Gasteiger partial charge in [0.1, 0.15) is 0 Å². The Balaban J connectivity index is 1.31. The molecule has 1 saturated carbocycles. The lowest BCUT2D eigenvalue weighted by molar-refractivity contribution is -0.139. The van der Waals surface area contributed by atoms with E-state index < -0.39 is 0 Å². The van der Waals surface area contributed by atoms with Crippen molar-refractivity contribution in [2.24, 2.45) is 5.92 Å². The largest absolute Gasteiger partial charge is 0.346 e. The maximum absolute atomic E-state index is 12.9. The predicted molar refractivity (Wildman–Crippen MR) is 129 cm³/mol. The van der Waals surface area contributed by atoms with Crippen LogP contribution in [0.2, 0.25) is 0 Å². The molecular formula is C27H41N3O2. The second-order valence-electron chi connectivity index (χ2n) is 10.2. The number of aryl methyl sites for hydroxylation is 1. The van der Waals surface area contributed by atoms with Gasteiger partial charge in [-0.3, -0.25) is 9.59 Å². The van der Waals surface area contributed by atoms with Crippen molar-refractivity contribution in [3.63, 3.8) is 0 Å². The summed E-state index contributed by atoms with van der Waals surface area (Å²) in [6.45, 7) is 7.58. The molecule has 5 heteroatoms. The van der Waals surface area contributed by atoms with Gasteiger partial charge >= 0.3 is 0 Å². The molecule has 176 valence electrons. The number of carbonyl (C=O) groups excluding carboxylic acids is 2. The van der Waals surface area contributed by atoms with Gasteiger partial charge < -0.3 is 14.4 Å². The molecule has 0 aromatic carbocycles. The van der Waals surface area contributed by atoms with Crippen LogP contribution in [0.5, 0.6) is 0 Å². The van der Waals surface area contributed by atoms with E-state index in [1.54, 1.807) is 6.08 Å². The molecule has 3 aliphatic rings. The molecular weight excluding hydrogens is 398 g/mol. The molecule has 1 aromatic heterocycles. The topological polar surface area (TPSA) is 45.6 Å². The van der Waals surface area contributed by atoms with Crippen molar-refractivity contribution in [3.8, 4) is 0 Å².